The minimum absolute atomic E-state index is 0.0296. The van der Waals surface area contributed by atoms with Crippen LogP contribution in [0.4, 0.5) is 0 Å². The topological polar surface area (TPSA) is 55.4 Å². The largest absolute Gasteiger partial charge is 0.447 e. The number of nitrogens with one attached hydrogen (secondary N) is 1. The molecule has 2 bridgehead atoms. The van der Waals surface area contributed by atoms with Crippen molar-refractivity contribution in [3.63, 3.8) is 0 Å². The zero-order valence-corrected chi connectivity index (χ0v) is 10.3. The average Bonchev–Trinajstić information content (AvgIpc) is 2.20. The number of carbonyl (C=O) groups excluding carboxylic acids is 2. The van der Waals surface area contributed by atoms with Crippen molar-refractivity contribution in [1.82, 2.24) is 5.32 Å². The lowest BCUT2D eigenvalue weighted by Gasteiger charge is -2.51. The number of carbonyl (C=O) groups is 2. The third kappa shape index (κ3) is 1.51. The summed E-state index contributed by atoms with van der Waals surface area (Å²) in [5.74, 6) is -0.823. The molecule has 1 N–H and O–H groups in total. The lowest BCUT2D eigenvalue weighted by Crippen LogP contribution is -2.73. The average molecular weight is 246 g/mol. The fourth-order valence-corrected chi connectivity index (χ4v) is 2.75. The minimum atomic E-state index is -1.33. The van der Waals surface area contributed by atoms with Gasteiger partial charge in [-0.2, -0.15) is 0 Å². The first-order valence-electron chi connectivity index (χ1n) is 5.67. The fraction of sp³-hybridized carbons (Fsp3) is 0.818. The summed E-state index contributed by atoms with van der Waals surface area (Å²) in [5, 5.41) is 2.59. The number of fused-ring (bicyclic) bond motifs is 3. The lowest BCUT2D eigenvalue weighted by molar-refractivity contribution is -0.196. The highest BCUT2D eigenvalue weighted by Crippen LogP contribution is 2.45. The van der Waals surface area contributed by atoms with Gasteiger partial charge in [0.05, 0.1) is 0 Å². The van der Waals surface area contributed by atoms with Crippen molar-refractivity contribution in [3.05, 3.63) is 0 Å². The Bertz CT molecular complexity index is 346. The Morgan fingerprint density at radius 2 is 2.25 bits per heavy atom. The van der Waals surface area contributed by atoms with Crippen LogP contribution in [-0.2, 0) is 14.3 Å². The molecule has 0 radical (unpaired) electrons. The quantitative estimate of drug-likeness (QED) is 0.466. The van der Waals surface area contributed by atoms with E-state index in [0.29, 0.717) is 6.42 Å². The van der Waals surface area contributed by atoms with Gasteiger partial charge in [-0.15, -0.1) is 0 Å². The van der Waals surface area contributed by atoms with Gasteiger partial charge >= 0.3 is 5.97 Å². The molecule has 0 aliphatic carbocycles. The monoisotopic (exact) mass is 245 g/mol. The summed E-state index contributed by atoms with van der Waals surface area (Å²) in [5.41, 5.74) is -1.02. The highest BCUT2D eigenvalue weighted by Gasteiger charge is 2.63. The molecule has 3 fully saturated rings. The summed E-state index contributed by atoms with van der Waals surface area (Å²) < 4.78 is 5.12. The number of ether oxygens (including phenoxy) is 1. The molecule has 0 aromatic rings. The predicted octanol–water partition coefficient (Wildman–Crippen LogP) is 1.56. The van der Waals surface area contributed by atoms with Crippen LogP contribution in [0.25, 0.3) is 0 Å². The van der Waals surface area contributed by atoms with Crippen LogP contribution >= 0.6 is 11.6 Å². The van der Waals surface area contributed by atoms with E-state index in [-0.39, 0.29) is 11.8 Å². The van der Waals surface area contributed by atoms with Gasteiger partial charge in [0.2, 0.25) is 5.00 Å². The maximum Gasteiger partial charge on any atom is 0.349 e. The first-order valence-corrected chi connectivity index (χ1v) is 6.05. The number of unbranched alkanes of at least 4 members (excludes halogenated alkanes) is 1. The van der Waals surface area contributed by atoms with Crippen molar-refractivity contribution in [1.29, 1.82) is 0 Å². The number of alkyl halides is 1. The maximum absolute atomic E-state index is 11.7. The van der Waals surface area contributed by atoms with E-state index in [1.807, 2.05) is 0 Å². The number of hydrogen-bond donors (Lipinski definition) is 1. The SMILES string of the molecule is CCCC[C@H]1C[C@@]2(C)OC(=O)[C@]1(Cl)NC2=O. The Labute approximate surface area is 99.7 Å². The van der Waals surface area contributed by atoms with Crippen LogP contribution in [0.15, 0.2) is 0 Å². The number of amides is 1. The highest BCUT2D eigenvalue weighted by atomic mass is 35.5. The van der Waals surface area contributed by atoms with Crippen LogP contribution in [0.2, 0.25) is 0 Å². The van der Waals surface area contributed by atoms with E-state index >= 15 is 0 Å². The van der Waals surface area contributed by atoms with Gasteiger partial charge in [-0.05, 0) is 13.3 Å². The number of rotatable bonds is 3. The zero-order chi connectivity index (χ0) is 12.0. The molecular formula is C11H16ClNO3. The first kappa shape index (κ1) is 11.7. The normalized spacial score (nSPS) is 41.8. The van der Waals surface area contributed by atoms with Gasteiger partial charge in [-0.3, -0.25) is 4.79 Å². The van der Waals surface area contributed by atoms with Crippen LogP contribution in [-0.4, -0.2) is 22.5 Å². The number of hydrogen-bond acceptors (Lipinski definition) is 3. The minimum Gasteiger partial charge on any atom is -0.447 e. The molecule has 90 valence electrons. The molecule has 5 heteroatoms. The summed E-state index contributed by atoms with van der Waals surface area (Å²) >= 11 is 6.20. The van der Waals surface area contributed by atoms with Crippen LogP contribution < -0.4 is 5.32 Å². The summed E-state index contributed by atoms with van der Waals surface area (Å²) in [6.45, 7) is 3.73. The second-order valence-electron chi connectivity index (χ2n) is 4.83. The molecule has 3 heterocycles. The third-order valence-corrected chi connectivity index (χ3v) is 4.05. The first-order chi connectivity index (χ1) is 7.42. The molecule has 3 aliphatic rings. The van der Waals surface area contributed by atoms with E-state index in [0.717, 1.165) is 19.3 Å². The fourth-order valence-electron chi connectivity index (χ4n) is 2.44. The van der Waals surface area contributed by atoms with Crippen molar-refractivity contribution in [3.8, 4) is 0 Å². The van der Waals surface area contributed by atoms with Gasteiger partial charge in [0, 0.05) is 12.3 Å². The van der Waals surface area contributed by atoms with Crippen molar-refractivity contribution in [2.45, 2.75) is 50.1 Å². The van der Waals surface area contributed by atoms with E-state index in [4.69, 9.17) is 16.3 Å². The Morgan fingerprint density at radius 1 is 1.56 bits per heavy atom. The summed E-state index contributed by atoms with van der Waals surface area (Å²) in [6, 6.07) is 0. The maximum atomic E-state index is 11.7. The molecule has 0 spiro atoms. The molecule has 4 nitrogen and oxygen atoms in total. The second kappa shape index (κ2) is 3.62. The van der Waals surface area contributed by atoms with E-state index in [1.54, 1.807) is 6.92 Å². The molecule has 3 aliphatic heterocycles. The van der Waals surface area contributed by atoms with E-state index in [1.165, 1.54) is 0 Å². The predicted molar refractivity (Wildman–Crippen MR) is 58.9 cm³/mol. The molecule has 3 saturated heterocycles. The molecular weight excluding hydrogens is 230 g/mol. The van der Waals surface area contributed by atoms with E-state index < -0.39 is 16.6 Å². The number of esters is 1. The molecule has 1 amide bonds. The summed E-state index contributed by atoms with van der Waals surface area (Å²) in [4.78, 5) is 22.1. The number of halogens is 1. The molecule has 0 saturated carbocycles. The van der Waals surface area contributed by atoms with Gasteiger partial charge in [-0.1, -0.05) is 31.4 Å². The lowest BCUT2D eigenvalue weighted by atomic mass is 9.76. The number of morpholine rings is 1. The van der Waals surface area contributed by atoms with Crippen LogP contribution in [0, 0.1) is 5.92 Å². The van der Waals surface area contributed by atoms with Crippen molar-refractivity contribution in [2.24, 2.45) is 5.92 Å². The van der Waals surface area contributed by atoms with Gasteiger partial charge < -0.3 is 10.1 Å². The Kier molecular flexibility index (Phi) is 2.65. The van der Waals surface area contributed by atoms with Crippen LogP contribution in [0.3, 0.4) is 0 Å². The Morgan fingerprint density at radius 3 is 2.88 bits per heavy atom. The van der Waals surface area contributed by atoms with Crippen LogP contribution in [0.1, 0.15) is 39.5 Å². The molecule has 0 unspecified atom stereocenters. The highest BCUT2D eigenvalue weighted by molar-refractivity contribution is 6.36. The van der Waals surface area contributed by atoms with Gasteiger partial charge in [0.15, 0.2) is 5.60 Å². The molecule has 0 aromatic carbocycles. The molecule has 3 rings (SSSR count). The van der Waals surface area contributed by atoms with Crippen molar-refractivity contribution in [2.75, 3.05) is 0 Å². The van der Waals surface area contributed by atoms with Crippen LogP contribution in [0.5, 0.6) is 0 Å². The summed E-state index contributed by atoms with van der Waals surface area (Å²) in [6.07, 6.45) is 3.40. The Hall–Kier alpha value is -0.770. The van der Waals surface area contributed by atoms with E-state index in [9.17, 15) is 9.59 Å². The molecule has 16 heavy (non-hydrogen) atoms. The molecule has 0 aromatic heterocycles. The van der Waals surface area contributed by atoms with Gasteiger partial charge in [-0.25, -0.2) is 4.79 Å². The van der Waals surface area contributed by atoms with Gasteiger partial charge in [0.25, 0.3) is 5.91 Å². The second-order valence-corrected chi connectivity index (χ2v) is 5.43. The van der Waals surface area contributed by atoms with Gasteiger partial charge in [0.1, 0.15) is 0 Å². The standard InChI is InChI=1S/C11H16ClNO3/c1-3-4-5-7-6-10(2)8(14)13-11(7,12)9(15)16-10/h7H,3-6H2,1-2H3,(H,13,14)/t7-,10+,11+/m0/s1. The Balaban J connectivity index is 2.24. The van der Waals surface area contributed by atoms with Crippen molar-refractivity contribution < 1.29 is 14.3 Å². The van der Waals surface area contributed by atoms with Crippen molar-refractivity contribution >= 4 is 23.5 Å². The summed E-state index contributed by atoms with van der Waals surface area (Å²) in [7, 11) is 0. The number of piperidine rings is 1. The molecule has 3 atom stereocenters. The zero-order valence-electron chi connectivity index (χ0n) is 9.51. The smallest absolute Gasteiger partial charge is 0.349 e. The van der Waals surface area contributed by atoms with E-state index in [2.05, 4.69) is 12.2 Å². The third-order valence-electron chi connectivity index (χ3n) is 3.50.